The van der Waals surface area contributed by atoms with Crippen molar-refractivity contribution in [1.82, 2.24) is 0 Å². The lowest BCUT2D eigenvalue weighted by Gasteiger charge is -2.27. The van der Waals surface area contributed by atoms with Crippen LogP contribution in [0.2, 0.25) is 5.02 Å². The van der Waals surface area contributed by atoms with Crippen LogP contribution in [0.4, 0.5) is 4.39 Å². The smallest absolute Gasteiger partial charge is 0.235 e. The first-order valence-electron chi connectivity index (χ1n) is 6.18. The number of isocyanates is 1. The number of ether oxygens (including phenoxy) is 1. The molecule has 0 radical (unpaired) electrons. The van der Waals surface area contributed by atoms with Crippen LogP contribution < -0.4 is 4.74 Å². The molecule has 1 saturated carbocycles. The highest BCUT2D eigenvalue weighted by Gasteiger charge is 2.41. The monoisotopic (exact) mass is 283 g/mol. The van der Waals surface area contributed by atoms with E-state index in [1.165, 1.54) is 13.2 Å². The van der Waals surface area contributed by atoms with Gasteiger partial charge in [0.1, 0.15) is 11.3 Å². The van der Waals surface area contributed by atoms with Gasteiger partial charge in [-0.05, 0) is 31.4 Å². The summed E-state index contributed by atoms with van der Waals surface area (Å²) in [5.41, 5.74) is 0.143. The van der Waals surface area contributed by atoms with Gasteiger partial charge in [0.05, 0.1) is 17.7 Å². The third-order valence-electron chi connectivity index (χ3n) is 3.72. The van der Waals surface area contributed by atoms with E-state index in [2.05, 4.69) is 4.99 Å². The maximum Gasteiger partial charge on any atom is 0.235 e. The Morgan fingerprint density at radius 2 is 2.11 bits per heavy atom. The standard InChI is InChI=1S/C14H15ClFNO2/c1-9-7-10(15)12(16)11(13(9)19-2)14(17-8-18)5-3-4-6-14/h7H,3-6H2,1-2H3. The topological polar surface area (TPSA) is 38.7 Å². The Labute approximate surface area is 116 Å². The molecule has 1 aromatic rings. The van der Waals surface area contributed by atoms with E-state index in [4.69, 9.17) is 16.3 Å². The molecule has 2 rings (SSSR count). The molecule has 0 N–H and O–H groups in total. The van der Waals surface area contributed by atoms with Crippen LogP contribution in [0.3, 0.4) is 0 Å². The second-order valence-electron chi connectivity index (χ2n) is 4.84. The summed E-state index contributed by atoms with van der Waals surface area (Å²) in [7, 11) is 1.48. The van der Waals surface area contributed by atoms with Crippen LogP contribution in [0.1, 0.15) is 36.8 Å². The molecule has 0 bridgehead atoms. The van der Waals surface area contributed by atoms with Gasteiger partial charge in [-0.25, -0.2) is 9.18 Å². The molecule has 1 aliphatic rings. The SMILES string of the molecule is COc1c(C)cc(Cl)c(F)c1C1(N=C=O)CCCC1. The molecule has 19 heavy (non-hydrogen) atoms. The summed E-state index contributed by atoms with van der Waals surface area (Å²) in [4.78, 5) is 14.6. The van der Waals surface area contributed by atoms with Gasteiger partial charge in [-0.15, -0.1) is 0 Å². The molecule has 0 heterocycles. The molecule has 0 aromatic heterocycles. The van der Waals surface area contributed by atoms with Gasteiger partial charge >= 0.3 is 0 Å². The fourth-order valence-corrected chi connectivity index (χ4v) is 3.14. The van der Waals surface area contributed by atoms with Gasteiger partial charge in [0.25, 0.3) is 0 Å². The summed E-state index contributed by atoms with van der Waals surface area (Å²) in [5, 5.41) is 0.0284. The minimum absolute atomic E-state index is 0.0284. The van der Waals surface area contributed by atoms with Crippen LogP contribution in [0.15, 0.2) is 11.1 Å². The van der Waals surface area contributed by atoms with Gasteiger partial charge in [-0.2, -0.15) is 4.99 Å². The summed E-state index contributed by atoms with van der Waals surface area (Å²) in [6.07, 6.45) is 4.57. The molecule has 5 heteroatoms. The first-order valence-corrected chi connectivity index (χ1v) is 6.55. The Kier molecular flexibility index (Phi) is 3.93. The van der Waals surface area contributed by atoms with E-state index in [-0.39, 0.29) is 5.02 Å². The van der Waals surface area contributed by atoms with Crippen LogP contribution >= 0.6 is 11.6 Å². The van der Waals surface area contributed by atoms with E-state index >= 15 is 0 Å². The van der Waals surface area contributed by atoms with Crippen molar-refractivity contribution < 1.29 is 13.9 Å². The zero-order valence-electron chi connectivity index (χ0n) is 10.9. The van der Waals surface area contributed by atoms with E-state index in [1.807, 2.05) is 0 Å². The van der Waals surface area contributed by atoms with Crippen LogP contribution in [0, 0.1) is 12.7 Å². The zero-order chi connectivity index (χ0) is 14.0. The first kappa shape index (κ1) is 14.0. The van der Waals surface area contributed by atoms with E-state index in [0.717, 1.165) is 18.4 Å². The van der Waals surface area contributed by atoms with Crippen LogP contribution in [-0.4, -0.2) is 13.2 Å². The lowest BCUT2D eigenvalue weighted by molar-refractivity contribution is 0.363. The van der Waals surface area contributed by atoms with Crippen molar-refractivity contribution in [3.8, 4) is 5.75 Å². The lowest BCUT2D eigenvalue weighted by atomic mass is 9.86. The summed E-state index contributed by atoms with van der Waals surface area (Å²) < 4.78 is 19.8. The Hall–Kier alpha value is -1.38. The van der Waals surface area contributed by atoms with Crippen molar-refractivity contribution in [3.63, 3.8) is 0 Å². The Balaban J connectivity index is 2.75. The number of methoxy groups -OCH3 is 1. The fourth-order valence-electron chi connectivity index (χ4n) is 2.88. The normalized spacial score (nSPS) is 17.1. The van der Waals surface area contributed by atoms with Crippen molar-refractivity contribution in [2.24, 2.45) is 4.99 Å². The molecule has 1 fully saturated rings. The molecule has 102 valence electrons. The minimum atomic E-state index is -0.882. The Morgan fingerprint density at radius 1 is 1.47 bits per heavy atom. The number of hydrogen-bond donors (Lipinski definition) is 0. The number of aliphatic imine (C=N–C) groups is 1. The van der Waals surface area contributed by atoms with Crippen molar-refractivity contribution in [2.75, 3.05) is 7.11 Å². The number of benzene rings is 1. The number of aryl methyl sites for hydroxylation is 1. The van der Waals surface area contributed by atoms with Crippen LogP contribution in [0.5, 0.6) is 5.75 Å². The average Bonchev–Trinajstić information content (AvgIpc) is 2.83. The number of nitrogens with zero attached hydrogens (tertiary/aromatic N) is 1. The van der Waals surface area contributed by atoms with E-state index in [9.17, 15) is 9.18 Å². The minimum Gasteiger partial charge on any atom is -0.496 e. The van der Waals surface area contributed by atoms with Gasteiger partial charge in [-0.3, -0.25) is 0 Å². The largest absolute Gasteiger partial charge is 0.496 e. The molecule has 0 aliphatic heterocycles. The molecule has 0 amide bonds. The predicted molar refractivity (Wildman–Crippen MR) is 71.0 cm³/mol. The summed E-state index contributed by atoms with van der Waals surface area (Å²) >= 11 is 5.92. The number of carbonyl (C=O) groups excluding carboxylic acids is 1. The van der Waals surface area contributed by atoms with E-state index in [0.29, 0.717) is 24.2 Å². The molecule has 0 atom stereocenters. The molecule has 0 unspecified atom stereocenters. The highest BCUT2D eigenvalue weighted by atomic mass is 35.5. The van der Waals surface area contributed by atoms with Crippen molar-refractivity contribution >= 4 is 17.7 Å². The molecular formula is C14H15ClFNO2. The summed E-state index contributed by atoms with van der Waals surface area (Å²) in [5.74, 6) is -0.132. The third kappa shape index (κ3) is 2.26. The zero-order valence-corrected chi connectivity index (χ0v) is 11.7. The lowest BCUT2D eigenvalue weighted by Crippen LogP contribution is -2.22. The van der Waals surface area contributed by atoms with Gasteiger partial charge in [-0.1, -0.05) is 24.4 Å². The molecule has 0 spiro atoms. The van der Waals surface area contributed by atoms with Crippen LogP contribution in [0.25, 0.3) is 0 Å². The highest BCUT2D eigenvalue weighted by Crippen LogP contribution is 2.48. The molecule has 1 aromatic carbocycles. The van der Waals surface area contributed by atoms with Gasteiger partial charge < -0.3 is 4.74 Å². The number of halogens is 2. The Bertz CT molecular complexity index is 547. The second kappa shape index (κ2) is 5.32. The second-order valence-corrected chi connectivity index (χ2v) is 5.25. The quantitative estimate of drug-likeness (QED) is 0.623. The van der Waals surface area contributed by atoms with E-state index in [1.54, 1.807) is 13.0 Å². The third-order valence-corrected chi connectivity index (χ3v) is 3.99. The molecule has 1 aliphatic carbocycles. The molecule has 0 saturated heterocycles. The number of rotatable bonds is 3. The van der Waals surface area contributed by atoms with Crippen LogP contribution in [-0.2, 0) is 10.3 Å². The predicted octanol–water partition coefficient (Wildman–Crippen LogP) is 3.90. The first-order chi connectivity index (χ1) is 9.05. The van der Waals surface area contributed by atoms with E-state index < -0.39 is 11.4 Å². The highest BCUT2D eigenvalue weighted by molar-refractivity contribution is 6.31. The molecular weight excluding hydrogens is 269 g/mol. The van der Waals surface area contributed by atoms with Crippen molar-refractivity contribution in [1.29, 1.82) is 0 Å². The van der Waals surface area contributed by atoms with Gasteiger partial charge in [0.15, 0.2) is 5.82 Å². The maximum absolute atomic E-state index is 14.4. The molecule has 3 nitrogen and oxygen atoms in total. The number of hydrogen-bond acceptors (Lipinski definition) is 3. The fraction of sp³-hybridized carbons (Fsp3) is 0.500. The average molecular weight is 284 g/mol. The summed E-state index contributed by atoms with van der Waals surface area (Å²) in [6.45, 7) is 1.79. The Morgan fingerprint density at radius 3 is 2.63 bits per heavy atom. The van der Waals surface area contributed by atoms with Gasteiger partial charge in [0.2, 0.25) is 6.08 Å². The van der Waals surface area contributed by atoms with Crippen molar-refractivity contribution in [2.45, 2.75) is 38.1 Å². The van der Waals surface area contributed by atoms with Gasteiger partial charge in [0, 0.05) is 0 Å². The summed E-state index contributed by atoms with van der Waals surface area (Å²) in [6, 6.07) is 1.52. The maximum atomic E-state index is 14.4. The van der Waals surface area contributed by atoms with Crippen molar-refractivity contribution in [3.05, 3.63) is 28.0 Å².